The van der Waals surface area contributed by atoms with Crippen LogP contribution in [0, 0.1) is 5.82 Å². The molecule has 164 valence electrons. The van der Waals surface area contributed by atoms with Gasteiger partial charge in [0.2, 0.25) is 24.6 Å². The molecule has 32 heavy (non-hydrogen) atoms. The van der Waals surface area contributed by atoms with E-state index in [0.717, 1.165) is 5.56 Å². The molecular weight excluding hydrogens is 417 g/mol. The fourth-order valence-electron chi connectivity index (χ4n) is 3.20. The molecule has 2 N–H and O–H groups in total. The highest BCUT2D eigenvalue weighted by atomic mass is 19.1. The number of morpholine rings is 1. The zero-order valence-electron chi connectivity index (χ0n) is 17.0. The molecule has 3 aromatic rings. The molecule has 2 aromatic carbocycles. The lowest BCUT2D eigenvalue weighted by molar-refractivity contribution is 0.122. The van der Waals surface area contributed by atoms with Crippen LogP contribution >= 0.6 is 0 Å². The van der Waals surface area contributed by atoms with Gasteiger partial charge in [-0.2, -0.15) is 20.1 Å². The van der Waals surface area contributed by atoms with Crippen LogP contribution in [0.15, 0.2) is 47.6 Å². The van der Waals surface area contributed by atoms with E-state index in [-0.39, 0.29) is 18.6 Å². The zero-order chi connectivity index (χ0) is 21.8. The van der Waals surface area contributed by atoms with Crippen molar-refractivity contribution >= 4 is 29.7 Å². The molecule has 2 aliphatic rings. The topological polar surface area (TPSA) is 106 Å². The first-order valence-electron chi connectivity index (χ1n) is 10.0. The Balaban J connectivity index is 1.36. The summed E-state index contributed by atoms with van der Waals surface area (Å²) in [6.45, 7) is 2.74. The van der Waals surface area contributed by atoms with Crippen LogP contribution in [0.3, 0.4) is 0 Å². The number of hydrogen-bond acceptors (Lipinski definition) is 10. The molecular formula is C21H20FN7O3. The summed E-state index contributed by atoms with van der Waals surface area (Å²) in [6.07, 6.45) is 1.63. The van der Waals surface area contributed by atoms with E-state index in [2.05, 4.69) is 30.8 Å². The van der Waals surface area contributed by atoms with Crippen LogP contribution in [0.5, 0.6) is 11.5 Å². The molecule has 0 aliphatic carbocycles. The normalized spacial score (nSPS) is 15.2. The van der Waals surface area contributed by atoms with Gasteiger partial charge in [-0.25, -0.2) is 9.82 Å². The van der Waals surface area contributed by atoms with Crippen molar-refractivity contribution in [1.82, 2.24) is 15.0 Å². The van der Waals surface area contributed by atoms with Crippen molar-refractivity contribution in [3.63, 3.8) is 0 Å². The third kappa shape index (κ3) is 4.67. The van der Waals surface area contributed by atoms with Gasteiger partial charge in [0.05, 0.1) is 19.4 Å². The Bertz CT molecular complexity index is 1120. The van der Waals surface area contributed by atoms with Crippen molar-refractivity contribution in [2.45, 2.75) is 0 Å². The van der Waals surface area contributed by atoms with E-state index in [1.807, 2.05) is 23.1 Å². The quantitative estimate of drug-likeness (QED) is 0.445. The average molecular weight is 437 g/mol. The van der Waals surface area contributed by atoms with Gasteiger partial charge in [0.15, 0.2) is 11.5 Å². The summed E-state index contributed by atoms with van der Waals surface area (Å²) in [5, 5.41) is 7.32. The number of nitrogens with one attached hydrogen (secondary N) is 2. The van der Waals surface area contributed by atoms with Gasteiger partial charge in [0, 0.05) is 18.8 Å². The summed E-state index contributed by atoms with van der Waals surface area (Å²) >= 11 is 0. The van der Waals surface area contributed by atoms with Gasteiger partial charge >= 0.3 is 0 Å². The molecule has 5 rings (SSSR count). The van der Waals surface area contributed by atoms with Crippen LogP contribution in [0.25, 0.3) is 0 Å². The van der Waals surface area contributed by atoms with Gasteiger partial charge in [-0.15, -0.1) is 0 Å². The van der Waals surface area contributed by atoms with Gasteiger partial charge in [-0.05, 0) is 48.0 Å². The fourth-order valence-corrected chi connectivity index (χ4v) is 3.20. The molecule has 3 heterocycles. The molecule has 1 saturated heterocycles. The number of fused-ring (bicyclic) bond motifs is 1. The number of hydrazone groups is 1. The molecule has 0 radical (unpaired) electrons. The monoisotopic (exact) mass is 437 g/mol. The lowest BCUT2D eigenvalue weighted by Gasteiger charge is -2.27. The van der Waals surface area contributed by atoms with Crippen LogP contribution in [-0.2, 0) is 4.74 Å². The third-order valence-electron chi connectivity index (χ3n) is 4.79. The van der Waals surface area contributed by atoms with E-state index >= 15 is 0 Å². The Morgan fingerprint density at radius 2 is 1.72 bits per heavy atom. The van der Waals surface area contributed by atoms with Crippen molar-refractivity contribution in [1.29, 1.82) is 0 Å². The zero-order valence-corrected chi connectivity index (χ0v) is 17.0. The first kappa shape index (κ1) is 19.9. The van der Waals surface area contributed by atoms with E-state index in [1.54, 1.807) is 18.3 Å². The number of benzene rings is 2. The Kier molecular flexibility index (Phi) is 5.62. The first-order chi connectivity index (χ1) is 15.7. The second-order valence-electron chi connectivity index (χ2n) is 7.00. The number of anilines is 4. The highest BCUT2D eigenvalue weighted by Crippen LogP contribution is 2.32. The molecule has 1 aromatic heterocycles. The Morgan fingerprint density at radius 3 is 2.56 bits per heavy atom. The van der Waals surface area contributed by atoms with Crippen molar-refractivity contribution in [3.8, 4) is 11.5 Å². The Morgan fingerprint density at radius 1 is 0.938 bits per heavy atom. The predicted molar refractivity (Wildman–Crippen MR) is 116 cm³/mol. The van der Waals surface area contributed by atoms with Crippen molar-refractivity contribution in [3.05, 3.63) is 53.8 Å². The smallest absolute Gasteiger partial charge is 0.250 e. The van der Waals surface area contributed by atoms with Crippen molar-refractivity contribution in [2.24, 2.45) is 5.10 Å². The van der Waals surface area contributed by atoms with E-state index in [1.165, 1.54) is 12.1 Å². The minimum Gasteiger partial charge on any atom is -0.454 e. The van der Waals surface area contributed by atoms with Gasteiger partial charge < -0.3 is 24.4 Å². The van der Waals surface area contributed by atoms with Gasteiger partial charge in [0.25, 0.3) is 0 Å². The minimum atomic E-state index is -0.319. The maximum Gasteiger partial charge on any atom is 0.250 e. The molecule has 0 saturated carbocycles. The first-order valence-corrected chi connectivity index (χ1v) is 10.0. The summed E-state index contributed by atoms with van der Waals surface area (Å²) in [5.41, 5.74) is 4.33. The van der Waals surface area contributed by atoms with Crippen LogP contribution in [-0.4, -0.2) is 54.3 Å². The minimum absolute atomic E-state index is 0.215. The predicted octanol–water partition coefficient (Wildman–Crippen LogP) is 2.77. The Hall–Kier alpha value is -3.99. The second kappa shape index (κ2) is 9.02. The molecule has 11 heteroatoms. The SMILES string of the molecule is Fc1ccc(Nc2nc(NN=Cc3ccc4c(c3)OCO4)nc(N3CCOCC3)n2)cc1. The lowest BCUT2D eigenvalue weighted by Crippen LogP contribution is -2.37. The summed E-state index contributed by atoms with van der Waals surface area (Å²) in [7, 11) is 0. The lowest BCUT2D eigenvalue weighted by atomic mass is 10.2. The van der Waals surface area contributed by atoms with E-state index < -0.39 is 0 Å². The maximum absolute atomic E-state index is 13.2. The standard InChI is InChI=1S/C21H20FN7O3/c22-15-2-4-16(5-3-15)24-19-25-20(27-21(26-19)29-7-9-30-10-8-29)28-23-12-14-1-6-17-18(11-14)32-13-31-17/h1-6,11-12H,7-10,13H2,(H2,24,25,26,27,28). The van der Waals surface area contributed by atoms with Crippen LogP contribution in [0.1, 0.15) is 5.56 Å². The van der Waals surface area contributed by atoms with Gasteiger partial charge in [0.1, 0.15) is 5.82 Å². The Labute approximate surface area is 183 Å². The van der Waals surface area contributed by atoms with Gasteiger partial charge in [-0.1, -0.05) is 0 Å². The summed E-state index contributed by atoms with van der Waals surface area (Å²) < 4.78 is 29.3. The average Bonchev–Trinajstić information content (AvgIpc) is 3.29. The number of nitrogens with zero attached hydrogens (tertiary/aromatic N) is 5. The molecule has 0 atom stereocenters. The van der Waals surface area contributed by atoms with E-state index in [9.17, 15) is 4.39 Å². The summed E-state index contributed by atoms with van der Waals surface area (Å²) in [5.74, 6) is 2.14. The number of halogens is 1. The third-order valence-corrected chi connectivity index (χ3v) is 4.79. The number of ether oxygens (including phenoxy) is 3. The van der Waals surface area contributed by atoms with E-state index in [4.69, 9.17) is 14.2 Å². The maximum atomic E-state index is 13.2. The van der Waals surface area contributed by atoms with Crippen LogP contribution in [0.2, 0.25) is 0 Å². The van der Waals surface area contributed by atoms with Gasteiger partial charge in [-0.3, -0.25) is 0 Å². The highest BCUT2D eigenvalue weighted by Gasteiger charge is 2.17. The molecule has 0 amide bonds. The molecule has 0 unspecified atom stereocenters. The number of hydrogen-bond donors (Lipinski definition) is 2. The fraction of sp³-hybridized carbons (Fsp3) is 0.238. The second-order valence-corrected chi connectivity index (χ2v) is 7.00. The number of aromatic nitrogens is 3. The molecule has 2 aliphatic heterocycles. The molecule has 0 bridgehead atoms. The largest absolute Gasteiger partial charge is 0.454 e. The van der Waals surface area contributed by atoms with E-state index in [0.29, 0.717) is 55.4 Å². The summed E-state index contributed by atoms with van der Waals surface area (Å²) in [4.78, 5) is 15.4. The molecule has 1 fully saturated rings. The summed E-state index contributed by atoms with van der Waals surface area (Å²) in [6, 6.07) is 11.5. The van der Waals surface area contributed by atoms with Crippen LogP contribution < -0.4 is 25.1 Å². The van der Waals surface area contributed by atoms with Crippen LogP contribution in [0.4, 0.5) is 27.9 Å². The number of rotatable bonds is 6. The van der Waals surface area contributed by atoms with Crippen molar-refractivity contribution in [2.75, 3.05) is 48.7 Å². The highest BCUT2D eigenvalue weighted by molar-refractivity contribution is 5.81. The van der Waals surface area contributed by atoms with Crippen molar-refractivity contribution < 1.29 is 18.6 Å². The molecule has 10 nitrogen and oxygen atoms in total. The molecule has 0 spiro atoms.